The van der Waals surface area contributed by atoms with Gasteiger partial charge in [-0.1, -0.05) is 13.8 Å². The molecule has 0 aromatic rings. The number of carboxylic acid groups (broad SMARTS) is 1. The van der Waals surface area contributed by atoms with Crippen molar-refractivity contribution in [3.8, 4) is 0 Å². The fourth-order valence-corrected chi connectivity index (χ4v) is 3.19. The van der Waals surface area contributed by atoms with Crippen LogP contribution in [0.4, 0.5) is 4.79 Å². The van der Waals surface area contributed by atoms with Crippen molar-refractivity contribution in [1.82, 2.24) is 9.80 Å². The van der Waals surface area contributed by atoms with Crippen molar-refractivity contribution in [3.63, 3.8) is 0 Å². The molecule has 2 rings (SSSR count). The Kier molecular flexibility index (Phi) is 4.34. The normalized spacial score (nSPS) is 26.7. The number of amides is 2. The van der Waals surface area contributed by atoms with E-state index in [-0.39, 0.29) is 12.0 Å². The molecule has 0 aromatic carbocycles. The summed E-state index contributed by atoms with van der Waals surface area (Å²) in [5.41, 5.74) is -1.04. The summed E-state index contributed by atoms with van der Waals surface area (Å²) in [6.45, 7) is 10.7. The van der Waals surface area contributed by atoms with Crippen molar-refractivity contribution >= 4 is 18.0 Å². The molecule has 0 unspecified atom stereocenters. The molecule has 7 nitrogen and oxygen atoms in total. The van der Waals surface area contributed by atoms with Crippen LogP contribution in [-0.2, 0) is 14.3 Å². The lowest BCUT2D eigenvalue weighted by Crippen LogP contribution is -2.52. The van der Waals surface area contributed by atoms with Crippen LogP contribution >= 0.6 is 0 Å². The van der Waals surface area contributed by atoms with Crippen molar-refractivity contribution in [2.24, 2.45) is 17.3 Å². The smallest absolute Gasteiger partial charge is 0.410 e. The fourth-order valence-electron chi connectivity index (χ4n) is 3.19. The Balaban J connectivity index is 1.89. The lowest BCUT2D eigenvalue weighted by Gasteiger charge is -2.36. The summed E-state index contributed by atoms with van der Waals surface area (Å²) < 4.78 is 5.32. The molecule has 1 N–H and O–H groups in total. The number of carbonyl (C=O) groups is 3. The zero-order chi connectivity index (χ0) is 17.6. The Hall–Kier alpha value is -1.79. The highest BCUT2D eigenvalue weighted by Crippen LogP contribution is 2.59. The minimum absolute atomic E-state index is 0.119. The van der Waals surface area contributed by atoms with Gasteiger partial charge in [-0.25, -0.2) is 4.79 Å². The first-order valence-electron chi connectivity index (χ1n) is 7.94. The van der Waals surface area contributed by atoms with Crippen molar-refractivity contribution in [2.75, 3.05) is 26.2 Å². The van der Waals surface area contributed by atoms with E-state index in [4.69, 9.17) is 4.74 Å². The second kappa shape index (κ2) is 5.69. The molecule has 1 aliphatic carbocycles. The number of rotatable bonds is 2. The van der Waals surface area contributed by atoms with Crippen LogP contribution in [-0.4, -0.2) is 64.7 Å². The second-order valence-electron chi connectivity index (χ2n) is 7.91. The van der Waals surface area contributed by atoms with E-state index >= 15 is 0 Å². The van der Waals surface area contributed by atoms with Crippen LogP contribution < -0.4 is 0 Å². The first kappa shape index (κ1) is 17.6. The van der Waals surface area contributed by atoms with Gasteiger partial charge in [0.2, 0.25) is 5.91 Å². The fraction of sp³-hybridized carbons (Fsp3) is 0.812. The molecule has 0 bridgehead atoms. The predicted octanol–water partition coefficient (Wildman–Crippen LogP) is 1.42. The molecule has 2 fully saturated rings. The maximum absolute atomic E-state index is 12.5. The van der Waals surface area contributed by atoms with Crippen LogP contribution in [0.1, 0.15) is 34.6 Å². The van der Waals surface area contributed by atoms with Gasteiger partial charge in [-0.05, 0) is 26.2 Å². The van der Waals surface area contributed by atoms with Gasteiger partial charge in [0.15, 0.2) is 0 Å². The minimum atomic E-state index is -0.916. The van der Waals surface area contributed by atoms with Gasteiger partial charge in [0.25, 0.3) is 0 Å². The summed E-state index contributed by atoms with van der Waals surface area (Å²) in [6, 6.07) is 0. The Labute approximate surface area is 136 Å². The lowest BCUT2D eigenvalue weighted by molar-refractivity contribution is -0.142. The Morgan fingerprint density at radius 2 is 1.48 bits per heavy atom. The highest BCUT2D eigenvalue weighted by atomic mass is 16.6. The second-order valence-corrected chi connectivity index (χ2v) is 7.91. The van der Waals surface area contributed by atoms with E-state index in [1.807, 2.05) is 34.6 Å². The van der Waals surface area contributed by atoms with Gasteiger partial charge in [-0.15, -0.1) is 0 Å². The zero-order valence-corrected chi connectivity index (χ0v) is 14.5. The van der Waals surface area contributed by atoms with Gasteiger partial charge < -0.3 is 19.6 Å². The topological polar surface area (TPSA) is 87.2 Å². The average Bonchev–Trinajstić information content (AvgIpc) is 2.99. The molecule has 1 heterocycles. The number of aliphatic carboxylic acids is 1. The maximum atomic E-state index is 12.5. The number of carboxylic acids is 1. The summed E-state index contributed by atoms with van der Waals surface area (Å²) in [6.07, 6.45) is -0.375. The number of piperazine rings is 1. The van der Waals surface area contributed by atoms with Crippen LogP contribution in [0, 0.1) is 17.3 Å². The molecule has 2 atom stereocenters. The molecule has 130 valence electrons. The van der Waals surface area contributed by atoms with E-state index in [0.29, 0.717) is 26.2 Å². The molecule has 0 radical (unpaired) electrons. The van der Waals surface area contributed by atoms with Crippen LogP contribution in [0.2, 0.25) is 0 Å². The Morgan fingerprint density at radius 1 is 1.00 bits per heavy atom. The number of hydrogen-bond acceptors (Lipinski definition) is 4. The summed E-state index contributed by atoms with van der Waals surface area (Å²) >= 11 is 0. The van der Waals surface area contributed by atoms with Gasteiger partial charge in [-0.2, -0.15) is 0 Å². The molecule has 1 aliphatic heterocycles. The van der Waals surface area contributed by atoms with Crippen LogP contribution in [0.25, 0.3) is 0 Å². The first-order chi connectivity index (χ1) is 10.4. The maximum Gasteiger partial charge on any atom is 0.410 e. The van der Waals surface area contributed by atoms with Gasteiger partial charge in [0.05, 0.1) is 11.8 Å². The van der Waals surface area contributed by atoms with Crippen molar-refractivity contribution in [2.45, 2.75) is 40.2 Å². The van der Waals surface area contributed by atoms with Gasteiger partial charge in [0, 0.05) is 26.2 Å². The molecule has 7 heteroatoms. The largest absolute Gasteiger partial charge is 0.481 e. The van der Waals surface area contributed by atoms with Gasteiger partial charge in [-0.3, -0.25) is 9.59 Å². The predicted molar refractivity (Wildman–Crippen MR) is 82.8 cm³/mol. The Morgan fingerprint density at radius 3 is 1.87 bits per heavy atom. The van der Waals surface area contributed by atoms with Crippen LogP contribution in [0.3, 0.4) is 0 Å². The number of ether oxygens (including phenoxy) is 1. The molecule has 2 amide bonds. The van der Waals surface area contributed by atoms with Crippen molar-refractivity contribution in [3.05, 3.63) is 0 Å². The Bertz CT molecular complexity index is 515. The van der Waals surface area contributed by atoms with Crippen molar-refractivity contribution in [1.29, 1.82) is 0 Å². The summed E-state index contributed by atoms with van der Waals surface area (Å²) in [5, 5.41) is 9.19. The summed E-state index contributed by atoms with van der Waals surface area (Å²) in [5.74, 6) is -2.11. The molecule has 0 spiro atoms. The number of carbonyl (C=O) groups excluding carboxylic acids is 2. The molecule has 23 heavy (non-hydrogen) atoms. The van der Waals surface area contributed by atoms with E-state index < -0.39 is 28.8 Å². The summed E-state index contributed by atoms with van der Waals surface area (Å²) in [4.78, 5) is 39.0. The van der Waals surface area contributed by atoms with E-state index in [1.165, 1.54) is 0 Å². The summed E-state index contributed by atoms with van der Waals surface area (Å²) in [7, 11) is 0. The third-order valence-electron chi connectivity index (χ3n) is 4.60. The van der Waals surface area contributed by atoms with Crippen LogP contribution in [0.5, 0.6) is 0 Å². The quantitative estimate of drug-likeness (QED) is 0.829. The highest BCUT2D eigenvalue weighted by molar-refractivity contribution is 5.91. The minimum Gasteiger partial charge on any atom is -0.481 e. The van der Waals surface area contributed by atoms with E-state index in [0.717, 1.165) is 0 Å². The van der Waals surface area contributed by atoms with Gasteiger partial charge in [0.1, 0.15) is 5.60 Å². The lowest BCUT2D eigenvalue weighted by atomic mass is 10.1. The monoisotopic (exact) mass is 326 g/mol. The molecule has 0 aromatic heterocycles. The highest BCUT2D eigenvalue weighted by Gasteiger charge is 2.66. The molecular formula is C16H26N2O5. The van der Waals surface area contributed by atoms with E-state index in [9.17, 15) is 19.5 Å². The van der Waals surface area contributed by atoms with Gasteiger partial charge >= 0.3 is 12.1 Å². The molecule has 1 saturated heterocycles. The standard InChI is InChI=1S/C16H26N2O5/c1-15(2,3)23-14(22)18-8-6-17(7-9-18)12(19)10-11(13(20)21)16(10,4)5/h10-11H,6-9H2,1-5H3,(H,20,21)/t10-,11-/m0/s1. The SMILES string of the molecule is CC(C)(C)OC(=O)N1CCN(C(=O)[C@@H]2[C@@H](C(=O)O)C2(C)C)CC1. The number of hydrogen-bond donors (Lipinski definition) is 1. The third-order valence-corrected chi connectivity index (χ3v) is 4.60. The molecule has 2 aliphatic rings. The third kappa shape index (κ3) is 3.59. The first-order valence-corrected chi connectivity index (χ1v) is 7.94. The van der Waals surface area contributed by atoms with Crippen LogP contribution in [0.15, 0.2) is 0 Å². The molecular weight excluding hydrogens is 300 g/mol. The zero-order valence-electron chi connectivity index (χ0n) is 14.5. The molecule has 1 saturated carbocycles. The van der Waals surface area contributed by atoms with E-state index in [1.54, 1.807) is 9.80 Å². The number of nitrogens with zero attached hydrogens (tertiary/aromatic N) is 2. The van der Waals surface area contributed by atoms with Crippen molar-refractivity contribution < 1.29 is 24.2 Å². The van der Waals surface area contributed by atoms with E-state index in [2.05, 4.69) is 0 Å². The average molecular weight is 326 g/mol.